The van der Waals surface area contributed by atoms with Gasteiger partial charge >= 0.3 is 0 Å². The minimum Gasteiger partial charge on any atom is -0.383 e. The number of aliphatic hydroxyl groups excluding tert-OH is 1. The van der Waals surface area contributed by atoms with Crippen molar-refractivity contribution in [2.75, 3.05) is 13.1 Å². The second-order valence-electron chi connectivity index (χ2n) is 7.00. The Hall–Kier alpha value is -2.21. The van der Waals surface area contributed by atoms with Gasteiger partial charge in [0.25, 0.3) is 5.91 Å². The van der Waals surface area contributed by atoms with Crippen molar-refractivity contribution >= 4 is 5.91 Å². The molecular weight excluding hydrogens is 321 g/mol. The van der Waals surface area contributed by atoms with Crippen molar-refractivity contribution in [2.24, 2.45) is 5.92 Å². The minimum absolute atomic E-state index is 0.0857. The highest BCUT2D eigenvalue weighted by molar-refractivity contribution is 5.81. The molecule has 1 aromatic heterocycles. The summed E-state index contributed by atoms with van der Waals surface area (Å²) < 4.78 is 13.5. The van der Waals surface area contributed by atoms with Gasteiger partial charge in [0.05, 0.1) is 6.20 Å². The molecule has 6 heteroatoms. The molecule has 2 aromatic rings. The summed E-state index contributed by atoms with van der Waals surface area (Å²) >= 11 is 0. The Balaban J connectivity index is 1.70. The third-order valence-corrected chi connectivity index (χ3v) is 4.90. The third kappa shape index (κ3) is 3.74. The maximum atomic E-state index is 13.5. The van der Waals surface area contributed by atoms with Crippen LogP contribution in [0.1, 0.15) is 38.3 Å². The van der Waals surface area contributed by atoms with Gasteiger partial charge in [-0.05, 0) is 36.5 Å². The Bertz CT molecular complexity index is 736. The molecule has 5 nitrogen and oxygen atoms in total. The molecule has 0 saturated carbocycles. The lowest BCUT2D eigenvalue weighted by atomic mass is 9.89. The fourth-order valence-electron chi connectivity index (χ4n) is 3.35. The Kier molecular flexibility index (Phi) is 5.18. The van der Waals surface area contributed by atoms with Crippen LogP contribution in [0.2, 0.25) is 0 Å². The molecule has 0 unspecified atom stereocenters. The fourth-order valence-corrected chi connectivity index (χ4v) is 3.35. The normalized spacial score (nSPS) is 17.1. The standard InChI is InChI=1S/C19H24FN3O2/c1-12(2)18(24)19(25)23-8-6-13(7-9-23)17-16(11-21-22-17)14-4-3-5-15(20)10-14/h3-5,10-13,18,24H,6-9H2,1-2H3,(H,21,22)/t18-/m1/s1. The molecule has 0 radical (unpaired) electrons. The monoisotopic (exact) mass is 345 g/mol. The lowest BCUT2D eigenvalue weighted by Crippen LogP contribution is -2.45. The molecule has 25 heavy (non-hydrogen) atoms. The predicted molar refractivity (Wildman–Crippen MR) is 93.4 cm³/mol. The van der Waals surface area contributed by atoms with Gasteiger partial charge in [-0.15, -0.1) is 0 Å². The molecule has 134 valence electrons. The van der Waals surface area contributed by atoms with Crippen molar-refractivity contribution in [1.29, 1.82) is 0 Å². The van der Waals surface area contributed by atoms with Crippen LogP contribution in [-0.2, 0) is 4.79 Å². The molecule has 0 spiro atoms. The van der Waals surface area contributed by atoms with Gasteiger partial charge < -0.3 is 10.0 Å². The first-order chi connectivity index (χ1) is 12.0. The first kappa shape index (κ1) is 17.6. The van der Waals surface area contributed by atoms with Crippen LogP contribution < -0.4 is 0 Å². The number of hydrogen-bond acceptors (Lipinski definition) is 3. The number of aromatic amines is 1. The fraction of sp³-hybridized carbons (Fsp3) is 0.474. The van der Waals surface area contributed by atoms with Crippen molar-refractivity contribution in [2.45, 2.75) is 38.7 Å². The number of hydrogen-bond donors (Lipinski definition) is 2. The van der Waals surface area contributed by atoms with Crippen LogP contribution >= 0.6 is 0 Å². The number of aliphatic hydroxyl groups is 1. The molecule has 0 aliphatic carbocycles. The van der Waals surface area contributed by atoms with Crippen LogP contribution in [0.5, 0.6) is 0 Å². The quantitative estimate of drug-likeness (QED) is 0.895. The average Bonchev–Trinajstić information content (AvgIpc) is 3.10. The first-order valence-electron chi connectivity index (χ1n) is 8.73. The van der Waals surface area contributed by atoms with Gasteiger partial charge in [0, 0.05) is 30.3 Å². The lowest BCUT2D eigenvalue weighted by molar-refractivity contribution is -0.143. The van der Waals surface area contributed by atoms with Gasteiger partial charge in [-0.1, -0.05) is 26.0 Å². The van der Waals surface area contributed by atoms with E-state index in [4.69, 9.17) is 0 Å². The van der Waals surface area contributed by atoms with Gasteiger partial charge in [0.1, 0.15) is 11.9 Å². The highest BCUT2D eigenvalue weighted by Gasteiger charge is 2.30. The van der Waals surface area contributed by atoms with E-state index in [2.05, 4.69) is 10.2 Å². The second-order valence-corrected chi connectivity index (χ2v) is 7.00. The largest absolute Gasteiger partial charge is 0.383 e. The molecule has 2 heterocycles. The van der Waals surface area contributed by atoms with Crippen molar-refractivity contribution in [3.8, 4) is 11.1 Å². The van der Waals surface area contributed by atoms with Crippen LogP contribution in [0, 0.1) is 11.7 Å². The zero-order valence-corrected chi connectivity index (χ0v) is 14.6. The van der Waals surface area contributed by atoms with E-state index in [-0.39, 0.29) is 23.6 Å². The zero-order chi connectivity index (χ0) is 18.0. The third-order valence-electron chi connectivity index (χ3n) is 4.90. The van der Waals surface area contributed by atoms with E-state index >= 15 is 0 Å². The molecule has 1 fully saturated rings. The second kappa shape index (κ2) is 7.35. The predicted octanol–water partition coefficient (Wildman–Crippen LogP) is 2.94. The summed E-state index contributed by atoms with van der Waals surface area (Å²) in [7, 11) is 0. The molecule has 1 atom stereocenters. The molecule has 1 amide bonds. The molecule has 1 aromatic carbocycles. The van der Waals surface area contributed by atoms with E-state index < -0.39 is 6.10 Å². The average molecular weight is 345 g/mol. The smallest absolute Gasteiger partial charge is 0.251 e. The number of benzene rings is 1. The number of piperidine rings is 1. The molecule has 2 N–H and O–H groups in total. The van der Waals surface area contributed by atoms with Gasteiger partial charge in [-0.3, -0.25) is 9.89 Å². The van der Waals surface area contributed by atoms with Gasteiger partial charge in [0.15, 0.2) is 0 Å². The first-order valence-corrected chi connectivity index (χ1v) is 8.73. The van der Waals surface area contributed by atoms with Crippen LogP contribution in [0.4, 0.5) is 4.39 Å². The van der Waals surface area contributed by atoms with Crippen molar-refractivity contribution in [3.63, 3.8) is 0 Å². The number of halogens is 1. The van der Waals surface area contributed by atoms with Gasteiger partial charge in [-0.2, -0.15) is 5.10 Å². The van der Waals surface area contributed by atoms with Crippen LogP contribution in [0.3, 0.4) is 0 Å². The molecule has 3 rings (SSSR count). The van der Waals surface area contributed by atoms with E-state index in [9.17, 15) is 14.3 Å². The number of nitrogens with one attached hydrogen (secondary N) is 1. The highest BCUT2D eigenvalue weighted by Crippen LogP contribution is 2.34. The van der Waals surface area contributed by atoms with E-state index in [0.717, 1.165) is 29.7 Å². The van der Waals surface area contributed by atoms with Crippen molar-refractivity contribution < 1.29 is 14.3 Å². The number of likely N-dealkylation sites (tertiary alicyclic amines) is 1. The number of rotatable bonds is 4. The van der Waals surface area contributed by atoms with E-state index in [1.54, 1.807) is 17.2 Å². The van der Waals surface area contributed by atoms with Crippen LogP contribution in [0.25, 0.3) is 11.1 Å². The van der Waals surface area contributed by atoms with Crippen LogP contribution in [-0.4, -0.2) is 45.3 Å². The molecule has 0 bridgehead atoms. The topological polar surface area (TPSA) is 69.2 Å². The summed E-state index contributed by atoms with van der Waals surface area (Å²) in [5, 5.41) is 17.2. The van der Waals surface area contributed by atoms with Crippen molar-refractivity contribution in [1.82, 2.24) is 15.1 Å². The molecule has 1 aliphatic heterocycles. The Morgan fingerprint density at radius 3 is 2.72 bits per heavy atom. The number of amides is 1. The summed E-state index contributed by atoms with van der Waals surface area (Å²) in [6, 6.07) is 6.49. The van der Waals surface area contributed by atoms with E-state index in [1.807, 2.05) is 19.9 Å². The maximum absolute atomic E-state index is 13.5. The summed E-state index contributed by atoms with van der Waals surface area (Å²) in [5.41, 5.74) is 2.70. The molecule has 1 saturated heterocycles. The molecule has 1 aliphatic rings. The summed E-state index contributed by atoms with van der Waals surface area (Å²) in [6.45, 7) is 4.89. The van der Waals surface area contributed by atoms with E-state index in [1.165, 1.54) is 12.1 Å². The highest BCUT2D eigenvalue weighted by atomic mass is 19.1. The lowest BCUT2D eigenvalue weighted by Gasteiger charge is -2.33. The number of carbonyl (C=O) groups is 1. The molecular formula is C19H24FN3O2. The summed E-state index contributed by atoms with van der Waals surface area (Å²) in [5.74, 6) is -0.311. The van der Waals surface area contributed by atoms with Gasteiger partial charge in [0.2, 0.25) is 0 Å². The maximum Gasteiger partial charge on any atom is 0.251 e. The Morgan fingerprint density at radius 1 is 1.36 bits per heavy atom. The van der Waals surface area contributed by atoms with E-state index in [0.29, 0.717) is 13.1 Å². The van der Waals surface area contributed by atoms with Gasteiger partial charge in [-0.25, -0.2) is 4.39 Å². The summed E-state index contributed by atoms with van der Waals surface area (Å²) in [4.78, 5) is 14.0. The SMILES string of the molecule is CC(C)[C@@H](O)C(=O)N1CCC(c2[nH]ncc2-c2cccc(F)c2)CC1. The zero-order valence-electron chi connectivity index (χ0n) is 14.6. The number of carbonyl (C=O) groups excluding carboxylic acids is 1. The Morgan fingerprint density at radius 2 is 2.08 bits per heavy atom. The van der Waals surface area contributed by atoms with Crippen LogP contribution in [0.15, 0.2) is 30.5 Å². The minimum atomic E-state index is -0.938. The Labute approximate surface area is 146 Å². The number of aromatic nitrogens is 2. The number of nitrogens with zero attached hydrogens (tertiary/aromatic N) is 2. The number of H-pyrrole nitrogens is 1. The summed E-state index contributed by atoms with van der Waals surface area (Å²) in [6.07, 6.45) is 2.37. The van der Waals surface area contributed by atoms with Crippen molar-refractivity contribution in [3.05, 3.63) is 42.0 Å².